The van der Waals surface area contributed by atoms with Crippen LogP contribution in [0.3, 0.4) is 0 Å². The topological polar surface area (TPSA) is 46.9 Å². The van der Waals surface area contributed by atoms with Gasteiger partial charge < -0.3 is 5.32 Å². The molecule has 1 heterocycles. The Morgan fingerprint density at radius 2 is 2.00 bits per heavy atom. The lowest BCUT2D eigenvalue weighted by molar-refractivity contribution is 0.0948. The van der Waals surface area contributed by atoms with Gasteiger partial charge in [0.15, 0.2) is 0 Å². The SMILES string of the molecule is Cc1nn(Cc2ccccc2)c(Cl)c1C(=O)NCC(C)C. The average molecular weight is 306 g/mol. The monoisotopic (exact) mass is 305 g/mol. The molecular formula is C16H20ClN3O. The van der Waals surface area contributed by atoms with Crippen LogP contribution in [-0.2, 0) is 6.54 Å². The Labute approximate surface area is 130 Å². The Bertz CT molecular complexity index is 620. The number of aromatic nitrogens is 2. The third-order valence-corrected chi connectivity index (χ3v) is 3.52. The molecule has 1 aromatic carbocycles. The maximum absolute atomic E-state index is 12.2. The van der Waals surface area contributed by atoms with Gasteiger partial charge in [0.25, 0.3) is 5.91 Å². The summed E-state index contributed by atoms with van der Waals surface area (Å²) >= 11 is 6.33. The van der Waals surface area contributed by atoms with E-state index < -0.39 is 0 Å². The summed E-state index contributed by atoms with van der Waals surface area (Å²) in [6.07, 6.45) is 0. The van der Waals surface area contributed by atoms with E-state index in [0.29, 0.717) is 35.4 Å². The summed E-state index contributed by atoms with van der Waals surface area (Å²) in [6.45, 7) is 7.08. The zero-order chi connectivity index (χ0) is 15.4. The van der Waals surface area contributed by atoms with E-state index in [1.54, 1.807) is 11.6 Å². The van der Waals surface area contributed by atoms with Gasteiger partial charge in [-0.05, 0) is 18.4 Å². The van der Waals surface area contributed by atoms with Crippen LogP contribution in [0.2, 0.25) is 5.15 Å². The fourth-order valence-corrected chi connectivity index (χ4v) is 2.38. The van der Waals surface area contributed by atoms with Crippen molar-refractivity contribution in [3.05, 3.63) is 52.3 Å². The third-order valence-electron chi connectivity index (χ3n) is 3.14. The van der Waals surface area contributed by atoms with E-state index in [-0.39, 0.29) is 5.91 Å². The molecule has 2 rings (SSSR count). The molecule has 2 aromatic rings. The van der Waals surface area contributed by atoms with Crippen molar-refractivity contribution >= 4 is 17.5 Å². The molecule has 0 aliphatic heterocycles. The Morgan fingerprint density at radius 3 is 2.62 bits per heavy atom. The predicted octanol–water partition coefficient (Wildman–Crippen LogP) is 3.28. The van der Waals surface area contributed by atoms with Gasteiger partial charge in [-0.2, -0.15) is 5.10 Å². The maximum atomic E-state index is 12.2. The van der Waals surface area contributed by atoms with Gasteiger partial charge in [-0.3, -0.25) is 4.79 Å². The lowest BCUT2D eigenvalue weighted by Crippen LogP contribution is -2.27. The van der Waals surface area contributed by atoms with Gasteiger partial charge in [-0.15, -0.1) is 0 Å². The highest BCUT2D eigenvalue weighted by atomic mass is 35.5. The van der Waals surface area contributed by atoms with E-state index in [1.807, 2.05) is 44.2 Å². The number of amides is 1. The van der Waals surface area contributed by atoms with Gasteiger partial charge in [0, 0.05) is 6.54 Å². The molecule has 4 nitrogen and oxygen atoms in total. The number of halogens is 1. The molecule has 1 amide bonds. The van der Waals surface area contributed by atoms with E-state index in [1.165, 1.54) is 0 Å². The van der Waals surface area contributed by atoms with Crippen molar-refractivity contribution in [3.63, 3.8) is 0 Å². The molecular weight excluding hydrogens is 286 g/mol. The summed E-state index contributed by atoms with van der Waals surface area (Å²) in [7, 11) is 0. The number of carbonyl (C=O) groups is 1. The van der Waals surface area contributed by atoms with Crippen molar-refractivity contribution in [3.8, 4) is 0 Å². The first-order chi connectivity index (χ1) is 9.99. The first-order valence-corrected chi connectivity index (χ1v) is 7.42. The zero-order valence-corrected chi connectivity index (χ0v) is 13.3. The van der Waals surface area contributed by atoms with E-state index in [2.05, 4.69) is 10.4 Å². The molecule has 0 spiro atoms. The molecule has 0 atom stereocenters. The normalized spacial score (nSPS) is 10.9. The quantitative estimate of drug-likeness (QED) is 0.921. The Morgan fingerprint density at radius 1 is 1.33 bits per heavy atom. The second kappa shape index (κ2) is 6.76. The fourth-order valence-electron chi connectivity index (χ4n) is 2.06. The molecule has 0 aliphatic rings. The molecule has 1 aromatic heterocycles. The van der Waals surface area contributed by atoms with Crippen LogP contribution < -0.4 is 5.32 Å². The molecule has 0 fully saturated rings. The second-order valence-electron chi connectivity index (χ2n) is 5.50. The molecule has 21 heavy (non-hydrogen) atoms. The van der Waals surface area contributed by atoms with E-state index in [9.17, 15) is 4.79 Å². The molecule has 0 saturated heterocycles. The summed E-state index contributed by atoms with van der Waals surface area (Å²) in [5.74, 6) is 0.234. The van der Waals surface area contributed by atoms with E-state index >= 15 is 0 Å². The van der Waals surface area contributed by atoms with Crippen LogP contribution in [0.5, 0.6) is 0 Å². The van der Waals surface area contributed by atoms with Gasteiger partial charge in [-0.25, -0.2) is 4.68 Å². The van der Waals surface area contributed by atoms with Crippen molar-refractivity contribution in [2.24, 2.45) is 5.92 Å². The molecule has 5 heteroatoms. The van der Waals surface area contributed by atoms with Gasteiger partial charge in [0.05, 0.1) is 17.8 Å². The number of hydrogen-bond donors (Lipinski definition) is 1. The first kappa shape index (κ1) is 15.6. The summed E-state index contributed by atoms with van der Waals surface area (Å²) in [5.41, 5.74) is 2.21. The van der Waals surface area contributed by atoms with Gasteiger partial charge in [-0.1, -0.05) is 55.8 Å². The van der Waals surface area contributed by atoms with Gasteiger partial charge in [0.1, 0.15) is 5.15 Å². The molecule has 0 radical (unpaired) electrons. The summed E-state index contributed by atoms with van der Waals surface area (Å²) in [6, 6.07) is 9.91. The Kier molecular flexibility index (Phi) is 5.02. The molecule has 0 saturated carbocycles. The number of hydrogen-bond acceptors (Lipinski definition) is 2. The smallest absolute Gasteiger partial charge is 0.256 e. The average Bonchev–Trinajstić information content (AvgIpc) is 2.72. The van der Waals surface area contributed by atoms with Crippen LogP contribution >= 0.6 is 11.6 Å². The van der Waals surface area contributed by atoms with Crippen molar-refractivity contribution in [2.75, 3.05) is 6.54 Å². The standard InChI is InChI=1S/C16H20ClN3O/c1-11(2)9-18-16(21)14-12(3)19-20(15(14)17)10-13-7-5-4-6-8-13/h4-8,11H,9-10H2,1-3H3,(H,18,21). The largest absolute Gasteiger partial charge is 0.352 e. The van der Waals surface area contributed by atoms with Crippen molar-refractivity contribution < 1.29 is 4.79 Å². The van der Waals surface area contributed by atoms with Crippen LogP contribution in [0.1, 0.15) is 35.5 Å². The molecule has 0 unspecified atom stereocenters. The lowest BCUT2D eigenvalue weighted by Gasteiger charge is -2.07. The van der Waals surface area contributed by atoms with Crippen LogP contribution in [0, 0.1) is 12.8 Å². The van der Waals surface area contributed by atoms with Crippen molar-refractivity contribution in [2.45, 2.75) is 27.3 Å². The summed E-state index contributed by atoms with van der Waals surface area (Å²) < 4.78 is 1.66. The van der Waals surface area contributed by atoms with Crippen LogP contribution in [0.4, 0.5) is 0 Å². The molecule has 112 valence electrons. The number of nitrogens with one attached hydrogen (secondary N) is 1. The highest BCUT2D eigenvalue weighted by Crippen LogP contribution is 2.20. The summed E-state index contributed by atoms with van der Waals surface area (Å²) in [4.78, 5) is 12.2. The molecule has 1 N–H and O–H groups in total. The number of aryl methyl sites for hydroxylation is 1. The Balaban J connectivity index is 2.19. The van der Waals surface area contributed by atoms with E-state index in [0.717, 1.165) is 5.56 Å². The fraction of sp³-hybridized carbons (Fsp3) is 0.375. The molecule has 0 aliphatic carbocycles. The lowest BCUT2D eigenvalue weighted by atomic mass is 10.2. The number of benzene rings is 1. The number of nitrogens with zero attached hydrogens (tertiary/aromatic N) is 2. The van der Waals surface area contributed by atoms with Crippen molar-refractivity contribution in [1.29, 1.82) is 0 Å². The highest BCUT2D eigenvalue weighted by molar-refractivity contribution is 6.33. The van der Waals surface area contributed by atoms with E-state index in [4.69, 9.17) is 11.6 Å². The van der Waals surface area contributed by atoms with Crippen molar-refractivity contribution in [1.82, 2.24) is 15.1 Å². The maximum Gasteiger partial charge on any atom is 0.256 e. The third kappa shape index (κ3) is 3.85. The minimum Gasteiger partial charge on any atom is -0.352 e. The van der Waals surface area contributed by atoms with Crippen LogP contribution in [0.15, 0.2) is 30.3 Å². The Hall–Kier alpha value is -1.81. The minimum absolute atomic E-state index is 0.162. The minimum atomic E-state index is -0.162. The van der Waals surface area contributed by atoms with Gasteiger partial charge in [0.2, 0.25) is 0 Å². The second-order valence-corrected chi connectivity index (χ2v) is 5.86. The van der Waals surface area contributed by atoms with Gasteiger partial charge >= 0.3 is 0 Å². The zero-order valence-electron chi connectivity index (χ0n) is 12.6. The van der Waals surface area contributed by atoms with Crippen LogP contribution in [0.25, 0.3) is 0 Å². The predicted molar refractivity (Wildman–Crippen MR) is 84.7 cm³/mol. The first-order valence-electron chi connectivity index (χ1n) is 7.04. The highest BCUT2D eigenvalue weighted by Gasteiger charge is 2.20. The number of rotatable bonds is 5. The molecule has 0 bridgehead atoms. The van der Waals surface area contributed by atoms with Crippen LogP contribution in [-0.4, -0.2) is 22.2 Å². The summed E-state index contributed by atoms with van der Waals surface area (Å²) in [5, 5.41) is 7.64. The number of carbonyl (C=O) groups excluding carboxylic acids is 1.